The first-order valence-corrected chi connectivity index (χ1v) is 12.6. The zero-order chi connectivity index (χ0) is 26.8. The van der Waals surface area contributed by atoms with Crippen molar-refractivity contribution in [3.63, 3.8) is 0 Å². The maximum Gasteiger partial charge on any atom is 0.264 e. The number of imide groups is 1. The fourth-order valence-electron chi connectivity index (χ4n) is 4.71. The van der Waals surface area contributed by atoms with Gasteiger partial charge >= 0.3 is 0 Å². The second kappa shape index (κ2) is 9.48. The quantitative estimate of drug-likeness (QED) is 0.142. The molecule has 2 heterocycles. The molecule has 3 aromatic rings. The van der Waals surface area contributed by atoms with Crippen molar-refractivity contribution in [1.82, 2.24) is 4.90 Å². The van der Waals surface area contributed by atoms with Gasteiger partial charge in [-0.3, -0.25) is 19.3 Å². The lowest BCUT2D eigenvalue weighted by molar-refractivity contribution is -0.130. The monoisotopic (exact) mass is 580 g/mol. The molecular formula is C26H17Cl4FN2O4. The maximum atomic E-state index is 14.2. The molecule has 0 saturated carbocycles. The molecule has 190 valence electrons. The van der Waals surface area contributed by atoms with Crippen molar-refractivity contribution in [3.05, 3.63) is 90.6 Å². The highest BCUT2D eigenvalue weighted by atomic mass is 35.5. The number of aryl methyl sites for hydroxylation is 1. The minimum atomic E-state index is -1.25. The number of amides is 3. The lowest BCUT2D eigenvalue weighted by Crippen LogP contribution is -2.67. The highest BCUT2D eigenvalue weighted by molar-refractivity contribution is 6.55. The molecule has 0 aromatic heterocycles. The van der Waals surface area contributed by atoms with Crippen LogP contribution in [-0.2, 0) is 4.79 Å². The molecule has 0 spiro atoms. The van der Waals surface area contributed by atoms with E-state index in [2.05, 4.69) is 0 Å². The van der Waals surface area contributed by atoms with Gasteiger partial charge in [-0.25, -0.2) is 4.39 Å². The number of anilines is 1. The van der Waals surface area contributed by atoms with Crippen LogP contribution in [0.3, 0.4) is 0 Å². The third-order valence-corrected chi connectivity index (χ3v) is 8.24. The van der Waals surface area contributed by atoms with Gasteiger partial charge in [-0.15, -0.1) is 0 Å². The third-order valence-electron chi connectivity index (χ3n) is 6.44. The molecule has 0 radical (unpaired) electrons. The Bertz CT molecular complexity index is 1450. The lowest BCUT2D eigenvalue weighted by Gasteiger charge is -2.50. The van der Waals surface area contributed by atoms with Gasteiger partial charge < -0.3 is 9.64 Å². The van der Waals surface area contributed by atoms with E-state index in [1.54, 1.807) is 37.3 Å². The first kappa shape index (κ1) is 25.8. The molecule has 37 heavy (non-hydrogen) atoms. The average molecular weight is 582 g/mol. The van der Waals surface area contributed by atoms with Crippen LogP contribution < -0.4 is 9.64 Å². The molecule has 0 aliphatic carbocycles. The zero-order valence-electron chi connectivity index (χ0n) is 19.3. The number of ether oxygens (including phenoxy) is 1. The van der Waals surface area contributed by atoms with Gasteiger partial charge in [-0.1, -0.05) is 64.6 Å². The second-order valence-electron chi connectivity index (χ2n) is 8.52. The van der Waals surface area contributed by atoms with Crippen LogP contribution in [0.15, 0.2) is 42.5 Å². The highest BCUT2D eigenvalue weighted by Gasteiger charge is 2.58. The Morgan fingerprint density at radius 2 is 1.38 bits per heavy atom. The van der Waals surface area contributed by atoms with Crippen molar-refractivity contribution in [2.45, 2.75) is 25.9 Å². The van der Waals surface area contributed by atoms with E-state index < -0.39 is 35.6 Å². The van der Waals surface area contributed by atoms with Gasteiger partial charge in [0.25, 0.3) is 17.7 Å². The smallest absolute Gasteiger partial charge is 0.264 e. The molecule has 0 bridgehead atoms. The van der Waals surface area contributed by atoms with Crippen molar-refractivity contribution < 1.29 is 23.5 Å². The number of hydrogen-bond donors (Lipinski definition) is 0. The number of fused-ring (bicyclic) bond motifs is 1. The minimum Gasteiger partial charge on any atom is -0.494 e. The molecule has 3 aromatic carbocycles. The van der Waals surface area contributed by atoms with Crippen LogP contribution in [0, 0.1) is 12.7 Å². The van der Waals surface area contributed by atoms with E-state index in [1.807, 2.05) is 6.92 Å². The van der Waals surface area contributed by atoms with E-state index in [4.69, 9.17) is 51.1 Å². The maximum absolute atomic E-state index is 14.2. The lowest BCUT2D eigenvalue weighted by atomic mass is 9.85. The normalized spacial score (nSPS) is 18.8. The number of halogens is 5. The van der Waals surface area contributed by atoms with Crippen LogP contribution in [0.5, 0.6) is 5.75 Å². The summed E-state index contributed by atoms with van der Waals surface area (Å²) in [6.07, 6.45) is 0. The van der Waals surface area contributed by atoms with Gasteiger partial charge in [-0.05, 0) is 49.2 Å². The molecule has 1 saturated heterocycles. The fraction of sp³-hybridized carbons (Fsp3) is 0.192. The van der Waals surface area contributed by atoms with E-state index in [-0.39, 0.29) is 31.2 Å². The van der Waals surface area contributed by atoms with E-state index in [0.717, 1.165) is 4.90 Å². The zero-order valence-corrected chi connectivity index (χ0v) is 22.3. The number of carbonyl (C=O) groups is 3. The summed E-state index contributed by atoms with van der Waals surface area (Å²) in [6, 6.07) is 8.87. The summed E-state index contributed by atoms with van der Waals surface area (Å²) in [5.41, 5.74) is 1.12. The van der Waals surface area contributed by atoms with Gasteiger partial charge in [0.1, 0.15) is 17.6 Å². The molecule has 0 N–H and O–H groups in total. The summed E-state index contributed by atoms with van der Waals surface area (Å²) in [5.74, 6) is -2.16. The first-order chi connectivity index (χ1) is 17.6. The van der Waals surface area contributed by atoms with Gasteiger partial charge in [-0.2, -0.15) is 0 Å². The summed E-state index contributed by atoms with van der Waals surface area (Å²) in [7, 11) is 0. The number of β-lactam (4-membered cyclic amide) rings is 1. The Kier molecular flexibility index (Phi) is 6.61. The predicted molar refractivity (Wildman–Crippen MR) is 140 cm³/mol. The summed E-state index contributed by atoms with van der Waals surface area (Å²) in [5, 5.41) is -0.798. The highest BCUT2D eigenvalue weighted by Crippen LogP contribution is 2.49. The van der Waals surface area contributed by atoms with Crippen LogP contribution >= 0.6 is 46.4 Å². The number of benzene rings is 3. The summed E-state index contributed by atoms with van der Waals surface area (Å²) in [4.78, 5) is 42.8. The molecule has 2 atom stereocenters. The Hall–Kier alpha value is -2.84. The topological polar surface area (TPSA) is 66.9 Å². The number of carbonyl (C=O) groups excluding carboxylic acids is 3. The Morgan fingerprint density at radius 1 is 0.811 bits per heavy atom. The SMILES string of the molecule is CCOc1ccc(C2C(N3C(=O)c4c(Cl)c(Cl)c(Cl)c(Cl)c4C3=O)C(=O)N2c2cc(F)ccc2C)cc1. The molecule has 6 nitrogen and oxygen atoms in total. The molecule has 2 aliphatic rings. The number of nitrogens with zero attached hydrogens (tertiary/aromatic N) is 2. The van der Waals surface area contributed by atoms with Crippen LogP contribution in [0.1, 0.15) is 44.8 Å². The molecular weight excluding hydrogens is 565 g/mol. The summed E-state index contributed by atoms with van der Waals surface area (Å²) < 4.78 is 19.7. The molecule has 2 unspecified atom stereocenters. The van der Waals surface area contributed by atoms with Crippen molar-refractivity contribution >= 4 is 69.8 Å². The average Bonchev–Trinajstić information content (AvgIpc) is 3.13. The van der Waals surface area contributed by atoms with E-state index in [1.165, 1.54) is 17.0 Å². The van der Waals surface area contributed by atoms with Crippen LogP contribution in [0.25, 0.3) is 0 Å². The molecule has 11 heteroatoms. The number of hydrogen-bond acceptors (Lipinski definition) is 4. The fourth-order valence-corrected chi connectivity index (χ4v) is 5.73. The van der Waals surface area contributed by atoms with Gasteiger partial charge in [0, 0.05) is 0 Å². The van der Waals surface area contributed by atoms with Crippen molar-refractivity contribution in [3.8, 4) is 5.75 Å². The molecule has 2 aliphatic heterocycles. The van der Waals surface area contributed by atoms with E-state index >= 15 is 0 Å². The summed E-state index contributed by atoms with van der Waals surface area (Å²) in [6.45, 7) is 4.04. The first-order valence-electron chi connectivity index (χ1n) is 11.1. The Balaban J connectivity index is 1.63. The third kappa shape index (κ3) is 3.87. The van der Waals surface area contributed by atoms with Crippen LogP contribution in [0.4, 0.5) is 10.1 Å². The van der Waals surface area contributed by atoms with E-state index in [9.17, 15) is 18.8 Å². The van der Waals surface area contributed by atoms with E-state index in [0.29, 0.717) is 29.2 Å². The molecule has 5 rings (SSSR count). The van der Waals surface area contributed by atoms with Gasteiger partial charge in [0.15, 0.2) is 0 Å². The molecule has 1 fully saturated rings. The molecule has 3 amide bonds. The van der Waals surface area contributed by atoms with Gasteiger partial charge in [0.2, 0.25) is 0 Å². The predicted octanol–water partition coefficient (Wildman–Crippen LogP) is 6.90. The van der Waals surface area contributed by atoms with Crippen LogP contribution in [0.2, 0.25) is 20.1 Å². The minimum absolute atomic E-state index is 0.171. The van der Waals surface area contributed by atoms with Crippen LogP contribution in [-0.4, -0.2) is 35.3 Å². The summed E-state index contributed by atoms with van der Waals surface area (Å²) >= 11 is 24.8. The second-order valence-corrected chi connectivity index (χ2v) is 10.0. The van der Waals surface area contributed by atoms with Crippen molar-refractivity contribution in [1.29, 1.82) is 0 Å². The van der Waals surface area contributed by atoms with Crippen molar-refractivity contribution in [2.24, 2.45) is 0 Å². The standard InChI is InChI=1S/C26H17Cl4FN2O4/c1-3-37-14-8-5-12(6-9-14)22-23(26(36)32(22)15-10-13(31)7-4-11(15)2)33-24(34)16-17(25(33)35)19(28)21(30)20(29)18(16)27/h4-10,22-23H,3H2,1-2H3. The van der Waals surface area contributed by atoms with Crippen molar-refractivity contribution in [2.75, 3.05) is 11.5 Å². The largest absolute Gasteiger partial charge is 0.494 e. The van der Waals surface area contributed by atoms with Gasteiger partial charge in [0.05, 0.1) is 49.6 Å². The number of rotatable bonds is 5. The Morgan fingerprint density at radius 3 is 1.92 bits per heavy atom. The Labute approximate surface area is 231 Å².